The molecular weight excluding hydrogens is 306 g/mol. The minimum atomic E-state index is -0.968. The van der Waals surface area contributed by atoms with Crippen LogP contribution in [-0.4, -0.2) is 37.4 Å². The number of carboxylic acid groups (broad SMARTS) is 1. The quantitative estimate of drug-likeness (QED) is 0.767. The van der Waals surface area contributed by atoms with E-state index in [4.69, 9.17) is 16.7 Å². The topological polar surface area (TPSA) is 92.9 Å². The van der Waals surface area contributed by atoms with Crippen LogP contribution in [0.1, 0.15) is 5.56 Å². The Labute approximate surface area is 130 Å². The Hall–Kier alpha value is -2.67. The Balaban J connectivity index is 2.11. The molecule has 0 spiro atoms. The van der Waals surface area contributed by atoms with E-state index < -0.39 is 5.97 Å². The number of carbonyl (C=O) groups is 1. The molecule has 7 nitrogen and oxygen atoms in total. The average Bonchev–Trinajstić information content (AvgIpc) is 2.92. The van der Waals surface area contributed by atoms with E-state index in [0.717, 1.165) is 11.3 Å². The summed E-state index contributed by atoms with van der Waals surface area (Å²) >= 11 is 6.05. The van der Waals surface area contributed by atoms with Crippen LogP contribution in [0, 0.1) is 6.92 Å². The van der Waals surface area contributed by atoms with Crippen LogP contribution >= 0.6 is 11.6 Å². The van der Waals surface area contributed by atoms with Crippen molar-refractivity contribution in [3.8, 4) is 5.69 Å². The van der Waals surface area contributed by atoms with Crippen LogP contribution in [0.25, 0.3) is 16.7 Å². The third-order valence-corrected chi connectivity index (χ3v) is 3.41. The van der Waals surface area contributed by atoms with Crippen LogP contribution < -0.4 is 5.32 Å². The van der Waals surface area contributed by atoms with Crippen LogP contribution in [0.15, 0.2) is 30.7 Å². The molecule has 0 bridgehead atoms. The molecule has 0 saturated carbocycles. The molecule has 0 aliphatic carbocycles. The summed E-state index contributed by atoms with van der Waals surface area (Å²) in [6.07, 6.45) is 2.96. The first-order valence-corrected chi connectivity index (χ1v) is 6.85. The summed E-state index contributed by atoms with van der Waals surface area (Å²) < 4.78 is 1.66. The molecule has 1 aromatic carbocycles. The maximum atomic E-state index is 10.7. The van der Waals surface area contributed by atoms with Gasteiger partial charge in [0.25, 0.3) is 0 Å². The van der Waals surface area contributed by atoms with E-state index in [-0.39, 0.29) is 6.54 Å². The van der Waals surface area contributed by atoms with Crippen molar-refractivity contribution >= 4 is 34.4 Å². The Kier molecular flexibility index (Phi) is 3.64. The van der Waals surface area contributed by atoms with Gasteiger partial charge in [0.05, 0.1) is 17.3 Å². The van der Waals surface area contributed by atoms with E-state index in [1.165, 1.54) is 6.33 Å². The monoisotopic (exact) mass is 317 g/mol. The lowest BCUT2D eigenvalue weighted by Gasteiger charge is -2.08. The largest absolute Gasteiger partial charge is 0.480 e. The highest BCUT2D eigenvalue weighted by Crippen LogP contribution is 2.25. The molecule has 2 N–H and O–H groups in total. The van der Waals surface area contributed by atoms with Gasteiger partial charge in [0.1, 0.15) is 18.7 Å². The predicted molar refractivity (Wildman–Crippen MR) is 82.5 cm³/mol. The maximum Gasteiger partial charge on any atom is 0.322 e. The molecule has 0 aliphatic rings. The molecule has 0 fully saturated rings. The van der Waals surface area contributed by atoms with Crippen LogP contribution in [0.5, 0.6) is 0 Å². The van der Waals surface area contributed by atoms with Crippen molar-refractivity contribution in [2.45, 2.75) is 6.92 Å². The Bertz CT molecular complexity index is 862. The Morgan fingerprint density at radius 1 is 1.41 bits per heavy atom. The molecule has 2 heterocycles. The van der Waals surface area contributed by atoms with E-state index in [1.54, 1.807) is 23.0 Å². The van der Waals surface area contributed by atoms with Crippen molar-refractivity contribution in [1.29, 1.82) is 0 Å². The number of hydrogen-bond acceptors (Lipinski definition) is 5. The Morgan fingerprint density at radius 2 is 2.23 bits per heavy atom. The second-order valence-corrected chi connectivity index (χ2v) is 5.13. The normalized spacial score (nSPS) is 10.8. The molecule has 0 amide bonds. The van der Waals surface area contributed by atoms with Crippen molar-refractivity contribution in [3.63, 3.8) is 0 Å². The number of nitrogens with one attached hydrogen (secondary N) is 1. The lowest BCUT2D eigenvalue weighted by Crippen LogP contribution is -2.13. The summed E-state index contributed by atoms with van der Waals surface area (Å²) in [7, 11) is 0. The van der Waals surface area contributed by atoms with Crippen LogP contribution in [0.4, 0.5) is 5.82 Å². The van der Waals surface area contributed by atoms with Gasteiger partial charge >= 0.3 is 5.97 Å². The lowest BCUT2D eigenvalue weighted by atomic mass is 10.2. The number of benzene rings is 1. The van der Waals surface area contributed by atoms with Gasteiger partial charge in [-0.2, -0.15) is 5.10 Å². The summed E-state index contributed by atoms with van der Waals surface area (Å²) in [4.78, 5) is 19.0. The van der Waals surface area contributed by atoms with Gasteiger partial charge < -0.3 is 10.4 Å². The maximum absolute atomic E-state index is 10.7. The van der Waals surface area contributed by atoms with E-state index in [9.17, 15) is 4.79 Å². The van der Waals surface area contributed by atoms with Gasteiger partial charge in [0.2, 0.25) is 0 Å². The molecule has 0 atom stereocenters. The minimum Gasteiger partial charge on any atom is -0.480 e. The van der Waals surface area contributed by atoms with Crippen molar-refractivity contribution in [1.82, 2.24) is 19.7 Å². The summed E-state index contributed by atoms with van der Waals surface area (Å²) in [6, 6.07) is 5.51. The summed E-state index contributed by atoms with van der Waals surface area (Å²) in [6.45, 7) is 1.72. The highest BCUT2D eigenvalue weighted by Gasteiger charge is 2.13. The number of halogens is 1. The van der Waals surface area contributed by atoms with Crippen molar-refractivity contribution in [2.24, 2.45) is 0 Å². The van der Waals surface area contributed by atoms with Gasteiger partial charge in [0, 0.05) is 5.02 Å². The van der Waals surface area contributed by atoms with Gasteiger partial charge in [-0.3, -0.25) is 4.79 Å². The molecular formula is C14H12ClN5O2. The number of rotatable bonds is 4. The summed E-state index contributed by atoms with van der Waals surface area (Å²) in [5.74, 6) is -0.539. The number of hydrogen-bond donors (Lipinski definition) is 2. The first-order chi connectivity index (χ1) is 10.6. The molecule has 0 saturated heterocycles. The molecule has 2 aromatic heterocycles. The number of aliphatic carboxylic acids is 1. The predicted octanol–water partition coefficient (Wildman–Crippen LogP) is 2.27. The smallest absolute Gasteiger partial charge is 0.322 e. The average molecular weight is 318 g/mol. The SMILES string of the molecule is Cc1ccc(Cl)cc1-n1ncc2c(NCC(=O)O)ncnc21. The molecule has 0 unspecified atom stereocenters. The molecule has 112 valence electrons. The summed E-state index contributed by atoms with van der Waals surface area (Å²) in [5.41, 5.74) is 2.38. The molecule has 8 heteroatoms. The van der Waals surface area contributed by atoms with Gasteiger partial charge in [-0.1, -0.05) is 17.7 Å². The molecule has 3 aromatic rings. The van der Waals surface area contributed by atoms with Gasteiger partial charge in [-0.15, -0.1) is 0 Å². The third-order valence-electron chi connectivity index (χ3n) is 3.17. The zero-order valence-corrected chi connectivity index (χ0v) is 12.4. The third kappa shape index (κ3) is 2.58. The van der Waals surface area contributed by atoms with Crippen LogP contribution in [0.2, 0.25) is 5.02 Å². The minimum absolute atomic E-state index is 0.229. The van der Waals surface area contributed by atoms with E-state index >= 15 is 0 Å². The molecule has 22 heavy (non-hydrogen) atoms. The fourth-order valence-corrected chi connectivity index (χ4v) is 2.30. The first-order valence-electron chi connectivity index (χ1n) is 6.47. The van der Waals surface area contributed by atoms with Crippen molar-refractivity contribution in [2.75, 3.05) is 11.9 Å². The second kappa shape index (κ2) is 5.61. The number of carboxylic acids is 1. The van der Waals surface area contributed by atoms with Crippen molar-refractivity contribution < 1.29 is 9.90 Å². The van der Waals surface area contributed by atoms with E-state index in [1.807, 2.05) is 13.0 Å². The van der Waals surface area contributed by atoms with Gasteiger partial charge in [-0.25, -0.2) is 14.6 Å². The number of aryl methyl sites for hydroxylation is 1. The number of aromatic nitrogens is 4. The number of anilines is 1. The second-order valence-electron chi connectivity index (χ2n) is 4.69. The lowest BCUT2D eigenvalue weighted by molar-refractivity contribution is -0.134. The standard InChI is InChI=1S/C14H12ClN5O2/c1-8-2-3-9(15)4-11(8)20-14-10(5-19-20)13(17-7-18-14)16-6-12(21)22/h2-5,7H,6H2,1H3,(H,21,22)(H,16,17,18). The number of fused-ring (bicyclic) bond motifs is 1. The molecule has 3 rings (SSSR count). The zero-order chi connectivity index (χ0) is 15.7. The van der Waals surface area contributed by atoms with Gasteiger partial charge in [0.15, 0.2) is 5.65 Å². The molecule has 0 aliphatic heterocycles. The highest BCUT2D eigenvalue weighted by atomic mass is 35.5. The zero-order valence-electron chi connectivity index (χ0n) is 11.6. The Morgan fingerprint density at radius 3 is 3.00 bits per heavy atom. The fraction of sp³-hybridized carbons (Fsp3) is 0.143. The van der Waals surface area contributed by atoms with Gasteiger partial charge in [-0.05, 0) is 24.6 Å². The van der Waals surface area contributed by atoms with Crippen LogP contribution in [-0.2, 0) is 4.79 Å². The highest BCUT2D eigenvalue weighted by molar-refractivity contribution is 6.30. The summed E-state index contributed by atoms with van der Waals surface area (Å²) in [5, 5.41) is 17.1. The van der Waals surface area contributed by atoms with Crippen LogP contribution in [0.3, 0.4) is 0 Å². The van der Waals surface area contributed by atoms with Crippen molar-refractivity contribution in [3.05, 3.63) is 41.3 Å². The van der Waals surface area contributed by atoms with E-state index in [2.05, 4.69) is 20.4 Å². The fourth-order valence-electron chi connectivity index (χ4n) is 2.13. The first kappa shape index (κ1) is 14.3. The number of nitrogens with zero attached hydrogens (tertiary/aromatic N) is 4. The molecule has 0 radical (unpaired) electrons. The van der Waals surface area contributed by atoms with E-state index in [0.29, 0.717) is 21.9 Å².